The number of halogens is 1. The Hall–Kier alpha value is -2.38. The number of carbonyl (C=O) groups excluding carboxylic acids is 1. The summed E-state index contributed by atoms with van der Waals surface area (Å²) in [6.07, 6.45) is 1.58. The van der Waals surface area contributed by atoms with Gasteiger partial charge in [-0.2, -0.15) is 5.26 Å². The Morgan fingerprint density at radius 1 is 1.18 bits per heavy atom. The molecule has 2 aromatic carbocycles. The van der Waals surface area contributed by atoms with Gasteiger partial charge < -0.3 is 5.32 Å². The van der Waals surface area contributed by atoms with E-state index < -0.39 is 0 Å². The summed E-state index contributed by atoms with van der Waals surface area (Å²) in [7, 11) is 0. The Kier molecular flexibility index (Phi) is 5.51. The van der Waals surface area contributed by atoms with Gasteiger partial charge in [0.05, 0.1) is 6.04 Å². The molecule has 0 saturated carbocycles. The second-order valence-electron chi connectivity index (χ2n) is 4.80. The second-order valence-corrected chi connectivity index (χ2v) is 5.65. The minimum absolute atomic E-state index is 0.0784. The molecule has 2 rings (SSSR count). The van der Waals surface area contributed by atoms with Crippen LogP contribution < -0.4 is 5.32 Å². The van der Waals surface area contributed by atoms with Crippen molar-refractivity contribution in [3.63, 3.8) is 0 Å². The Morgan fingerprint density at radius 3 is 2.45 bits per heavy atom. The molecule has 22 heavy (non-hydrogen) atoms. The summed E-state index contributed by atoms with van der Waals surface area (Å²) in [4.78, 5) is 12.3. The van der Waals surface area contributed by atoms with E-state index in [-0.39, 0.29) is 17.5 Å². The standard InChI is InChI=1S/C18H15BrN2O/c1-13(14-7-3-2-4-8-14)21-18(22)16(12-20)11-15-9-5-6-10-17(15)19/h2-11,13H,1H3,(H,21,22)/b16-11+/t13-/m1/s1. The van der Waals surface area contributed by atoms with E-state index in [1.165, 1.54) is 0 Å². The number of carbonyl (C=O) groups is 1. The molecule has 1 atom stereocenters. The fraction of sp³-hybridized carbons (Fsp3) is 0.111. The lowest BCUT2D eigenvalue weighted by Gasteiger charge is -2.13. The van der Waals surface area contributed by atoms with Crippen LogP contribution in [-0.2, 0) is 4.79 Å². The van der Waals surface area contributed by atoms with Crippen LogP contribution in [0.1, 0.15) is 24.1 Å². The highest BCUT2D eigenvalue weighted by molar-refractivity contribution is 9.10. The summed E-state index contributed by atoms with van der Waals surface area (Å²) in [5.74, 6) is -0.380. The van der Waals surface area contributed by atoms with E-state index in [0.29, 0.717) is 0 Å². The van der Waals surface area contributed by atoms with Gasteiger partial charge in [-0.3, -0.25) is 4.79 Å². The molecule has 4 heteroatoms. The third-order valence-corrected chi connectivity index (χ3v) is 3.94. The van der Waals surface area contributed by atoms with Crippen LogP contribution in [0.3, 0.4) is 0 Å². The van der Waals surface area contributed by atoms with Gasteiger partial charge in [-0.1, -0.05) is 64.5 Å². The van der Waals surface area contributed by atoms with Gasteiger partial charge in [0, 0.05) is 4.47 Å². The van der Waals surface area contributed by atoms with Crippen LogP contribution in [0.2, 0.25) is 0 Å². The Labute approximate surface area is 138 Å². The Morgan fingerprint density at radius 2 is 1.82 bits per heavy atom. The molecule has 0 aromatic heterocycles. The van der Waals surface area contributed by atoms with Crippen molar-refractivity contribution in [1.29, 1.82) is 5.26 Å². The Balaban J connectivity index is 2.17. The molecule has 0 fully saturated rings. The SMILES string of the molecule is C[C@@H](NC(=O)/C(C#N)=C/c1ccccc1Br)c1ccccc1. The van der Waals surface area contributed by atoms with Crippen molar-refractivity contribution >= 4 is 27.9 Å². The molecule has 3 nitrogen and oxygen atoms in total. The Bertz CT molecular complexity index is 732. The van der Waals surface area contributed by atoms with Crippen LogP contribution >= 0.6 is 15.9 Å². The maximum absolute atomic E-state index is 12.3. The topological polar surface area (TPSA) is 52.9 Å². The van der Waals surface area contributed by atoms with E-state index in [2.05, 4.69) is 21.2 Å². The van der Waals surface area contributed by atoms with Crippen molar-refractivity contribution in [2.75, 3.05) is 0 Å². The first-order valence-corrected chi connectivity index (χ1v) is 7.63. The van der Waals surface area contributed by atoms with Gasteiger partial charge in [-0.25, -0.2) is 0 Å². The molecule has 0 radical (unpaired) electrons. The summed E-state index contributed by atoms with van der Waals surface area (Å²) < 4.78 is 0.839. The number of rotatable bonds is 4. The predicted molar refractivity (Wildman–Crippen MR) is 90.7 cm³/mol. The molecular formula is C18H15BrN2O. The lowest BCUT2D eigenvalue weighted by Crippen LogP contribution is -2.27. The third kappa shape index (κ3) is 4.06. The molecule has 0 aliphatic rings. The largest absolute Gasteiger partial charge is 0.345 e. The molecule has 1 amide bonds. The van der Waals surface area contributed by atoms with Gasteiger partial charge in [0.15, 0.2) is 0 Å². The molecule has 0 unspecified atom stereocenters. The van der Waals surface area contributed by atoms with E-state index in [0.717, 1.165) is 15.6 Å². The highest BCUT2D eigenvalue weighted by Crippen LogP contribution is 2.19. The highest BCUT2D eigenvalue weighted by atomic mass is 79.9. The maximum Gasteiger partial charge on any atom is 0.262 e. The molecule has 0 spiro atoms. The maximum atomic E-state index is 12.3. The van der Waals surface area contributed by atoms with E-state index in [1.807, 2.05) is 67.6 Å². The molecule has 0 aliphatic heterocycles. The number of hydrogen-bond donors (Lipinski definition) is 1. The first kappa shape index (κ1) is 16.0. The van der Waals surface area contributed by atoms with Crippen molar-refractivity contribution < 1.29 is 4.79 Å². The summed E-state index contributed by atoms with van der Waals surface area (Å²) in [6.45, 7) is 1.89. The minimum Gasteiger partial charge on any atom is -0.345 e. The summed E-state index contributed by atoms with van der Waals surface area (Å²) >= 11 is 3.40. The summed E-state index contributed by atoms with van der Waals surface area (Å²) in [5, 5.41) is 12.1. The van der Waals surface area contributed by atoms with Crippen LogP contribution in [0.15, 0.2) is 64.6 Å². The van der Waals surface area contributed by atoms with Gasteiger partial charge in [-0.15, -0.1) is 0 Å². The average Bonchev–Trinajstić information content (AvgIpc) is 2.54. The van der Waals surface area contributed by atoms with Crippen LogP contribution in [0.25, 0.3) is 6.08 Å². The van der Waals surface area contributed by atoms with Gasteiger partial charge in [0.2, 0.25) is 0 Å². The molecule has 2 aromatic rings. The number of nitriles is 1. The molecule has 0 heterocycles. The summed E-state index contributed by atoms with van der Waals surface area (Å²) in [5.41, 5.74) is 1.87. The minimum atomic E-state index is -0.380. The number of amides is 1. The average molecular weight is 355 g/mol. The number of nitrogens with zero attached hydrogens (tertiary/aromatic N) is 1. The fourth-order valence-corrected chi connectivity index (χ4v) is 2.39. The van der Waals surface area contributed by atoms with Crippen molar-refractivity contribution in [3.8, 4) is 6.07 Å². The van der Waals surface area contributed by atoms with Crippen molar-refractivity contribution in [3.05, 3.63) is 75.8 Å². The smallest absolute Gasteiger partial charge is 0.262 e. The first-order chi connectivity index (χ1) is 10.6. The summed E-state index contributed by atoms with van der Waals surface area (Å²) in [6, 6.07) is 18.9. The normalized spacial score (nSPS) is 12.3. The zero-order valence-corrected chi connectivity index (χ0v) is 13.7. The molecule has 0 aliphatic carbocycles. The monoisotopic (exact) mass is 354 g/mol. The number of benzene rings is 2. The molecular weight excluding hydrogens is 340 g/mol. The van der Waals surface area contributed by atoms with E-state index in [1.54, 1.807) is 6.08 Å². The van der Waals surface area contributed by atoms with Crippen LogP contribution in [0, 0.1) is 11.3 Å². The van der Waals surface area contributed by atoms with E-state index >= 15 is 0 Å². The molecule has 1 N–H and O–H groups in total. The van der Waals surface area contributed by atoms with Gasteiger partial charge >= 0.3 is 0 Å². The van der Waals surface area contributed by atoms with Gasteiger partial charge in [0.25, 0.3) is 5.91 Å². The fourth-order valence-electron chi connectivity index (χ4n) is 2.00. The second kappa shape index (κ2) is 7.58. The predicted octanol–water partition coefficient (Wildman–Crippen LogP) is 4.23. The van der Waals surface area contributed by atoms with Crippen molar-refractivity contribution in [1.82, 2.24) is 5.32 Å². The van der Waals surface area contributed by atoms with Crippen LogP contribution in [-0.4, -0.2) is 5.91 Å². The first-order valence-electron chi connectivity index (χ1n) is 6.84. The molecule has 110 valence electrons. The van der Waals surface area contributed by atoms with Gasteiger partial charge in [-0.05, 0) is 30.2 Å². The van der Waals surface area contributed by atoms with Gasteiger partial charge in [0.1, 0.15) is 11.6 Å². The zero-order valence-electron chi connectivity index (χ0n) is 12.1. The lowest BCUT2D eigenvalue weighted by molar-refractivity contribution is -0.117. The van der Waals surface area contributed by atoms with E-state index in [9.17, 15) is 10.1 Å². The lowest BCUT2D eigenvalue weighted by atomic mass is 10.1. The molecule has 0 saturated heterocycles. The highest BCUT2D eigenvalue weighted by Gasteiger charge is 2.14. The molecule has 0 bridgehead atoms. The third-order valence-electron chi connectivity index (χ3n) is 3.22. The van der Waals surface area contributed by atoms with Crippen LogP contribution in [0.4, 0.5) is 0 Å². The zero-order chi connectivity index (χ0) is 15.9. The number of hydrogen-bond acceptors (Lipinski definition) is 2. The quantitative estimate of drug-likeness (QED) is 0.659. The van der Waals surface area contributed by atoms with Crippen molar-refractivity contribution in [2.45, 2.75) is 13.0 Å². The van der Waals surface area contributed by atoms with E-state index in [4.69, 9.17) is 0 Å². The van der Waals surface area contributed by atoms with Crippen LogP contribution in [0.5, 0.6) is 0 Å². The van der Waals surface area contributed by atoms with Crippen molar-refractivity contribution in [2.24, 2.45) is 0 Å². The number of nitrogens with one attached hydrogen (secondary N) is 1.